The number of ether oxygens (including phenoxy) is 1. The predicted octanol–water partition coefficient (Wildman–Crippen LogP) is 1.86. The van der Waals surface area contributed by atoms with E-state index in [0.29, 0.717) is 13.0 Å². The van der Waals surface area contributed by atoms with Crippen molar-refractivity contribution in [2.24, 2.45) is 16.2 Å². The molecule has 3 fully saturated rings. The third kappa shape index (κ3) is 1.64. The second-order valence-electron chi connectivity index (χ2n) is 7.69. The normalized spacial score (nSPS) is 45.8. The summed E-state index contributed by atoms with van der Waals surface area (Å²) in [5, 5.41) is 13.5. The van der Waals surface area contributed by atoms with Crippen LogP contribution in [0.25, 0.3) is 0 Å². The van der Waals surface area contributed by atoms with Gasteiger partial charge in [-0.25, -0.2) is 0 Å². The highest BCUT2D eigenvalue weighted by Crippen LogP contribution is 2.72. The highest BCUT2D eigenvalue weighted by Gasteiger charge is 2.72. The fourth-order valence-electron chi connectivity index (χ4n) is 4.81. The Balaban J connectivity index is 1.73. The molecule has 4 nitrogen and oxygen atoms in total. The van der Waals surface area contributed by atoms with Crippen LogP contribution >= 0.6 is 0 Å². The van der Waals surface area contributed by atoms with E-state index in [-0.39, 0.29) is 28.9 Å². The van der Waals surface area contributed by atoms with Crippen LogP contribution in [0.3, 0.4) is 0 Å². The molecule has 20 heavy (non-hydrogen) atoms. The smallest absolute Gasteiger partial charge is 0.226 e. The Hall–Kier alpha value is -0.610. The molecule has 2 saturated carbocycles. The third-order valence-corrected chi connectivity index (χ3v) is 6.92. The molecular weight excluding hydrogens is 254 g/mol. The van der Waals surface area contributed by atoms with Gasteiger partial charge in [-0.1, -0.05) is 20.8 Å². The van der Waals surface area contributed by atoms with Gasteiger partial charge in [-0.15, -0.1) is 0 Å². The Bertz CT molecular complexity index is 416. The highest BCUT2D eigenvalue weighted by molar-refractivity contribution is 5.85. The van der Waals surface area contributed by atoms with Crippen LogP contribution in [0.4, 0.5) is 0 Å². The molecule has 1 aliphatic heterocycles. The van der Waals surface area contributed by atoms with Crippen molar-refractivity contribution in [3.63, 3.8) is 0 Å². The van der Waals surface area contributed by atoms with E-state index in [4.69, 9.17) is 4.74 Å². The average Bonchev–Trinajstić information content (AvgIpc) is 3.01. The highest BCUT2D eigenvalue weighted by atomic mass is 16.5. The molecule has 0 spiro atoms. The summed E-state index contributed by atoms with van der Waals surface area (Å²) in [5.41, 5.74) is -0.687. The molecule has 0 aromatic heterocycles. The summed E-state index contributed by atoms with van der Waals surface area (Å²) in [6, 6.07) is 0. The van der Waals surface area contributed by atoms with Crippen LogP contribution < -0.4 is 5.32 Å². The molecule has 0 aromatic rings. The van der Waals surface area contributed by atoms with E-state index in [1.54, 1.807) is 0 Å². The fraction of sp³-hybridized carbons (Fsp3) is 0.938. The molecule has 2 N–H and O–H groups in total. The van der Waals surface area contributed by atoms with E-state index in [0.717, 1.165) is 32.3 Å². The number of nitrogens with one attached hydrogen (secondary N) is 1. The van der Waals surface area contributed by atoms with E-state index in [2.05, 4.69) is 26.1 Å². The van der Waals surface area contributed by atoms with Crippen molar-refractivity contribution in [2.45, 2.75) is 65.1 Å². The van der Waals surface area contributed by atoms with Crippen LogP contribution in [0.2, 0.25) is 0 Å². The minimum Gasteiger partial charge on any atom is -0.393 e. The van der Waals surface area contributed by atoms with Crippen LogP contribution in [-0.4, -0.2) is 36.4 Å². The molecule has 2 bridgehead atoms. The van der Waals surface area contributed by atoms with Crippen LogP contribution in [0.1, 0.15) is 52.9 Å². The minimum atomic E-state index is -0.403. The maximum Gasteiger partial charge on any atom is 0.226 e. The maximum absolute atomic E-state index is 12.8. The first-order valence-electron chi connectivity index (χ1n) is 7.91. The molecule has 4 heteroatoms. The number of carbonyl (C=O) groups excluding carboxylic acids is 1. The number of hydrogen-bond donors (Lipinski definition) is 2. The van der Waals surface area contributed by atoms with Crippen LogP contribution in [0.15, 0.2) is 0 Å². The van der Waals surface area contributed by atoms with E-state index >= 15 is 0 Å². The summed E-state index contributed by atoms with van der Waals surface area (Å²) in [4.78, 5) is 12.8. The third-order valence-electron chi connectivity index (χ3n) is 6.92. The second-order valence-corrected chi connectivity index (χ2v) is 7.69. The number of aliphatic hydroxyl groups is 1. The minimum absolute atomic E-state index is 0.123. The van der Waals surface area contributed by atoms with E-state index in [1.165, 1.54) is 0 Å². The topological polar surface area (TPSA) is 58.6 Å². The van der Waals surface area contributed by atoms with Crippen molar-refractivity contribution in [2.75, 3.05) is 13.2 Å². The zero-order valence-corrected chi connectivity index (χ0v) is 12.9. The Kier molecular flexibility index (Phi) is 3.18. The molecular formula is C16H27NO3. The molecule has 4 unspecified atom stereocenters. The molecule has 4 atom stereocenters. The van der Waals surface area contributed by atoms with Gasteiger partial charge in [0.1, 0.15) is 0 Å². The lowest BCUT2D eigenvalue weighted by Crippen LogP contribution is -2.48. The fourth-order valence-corrected chi connectivity index (χ4v) is 4.81. The Morgan fingerprint density at radius 2 is 2.10 bits per heavy atom. The number of hydrogen-bond acceptors (Lipinski definition) is 3. The first kappa shape index (κ1) is 14.3. The Morgan fingerprint density at radius 1 is 1.35 bits per heavy atom. The molecule has 2 aliphatic carbocycles. The van der Waals surface area contributed by atoms with Crippen molar-refractivity contribution in [3.05, 3.63) is 0 Å². The zero-order chi connectivity index (χ0) is 14.6. The largest absolute Gasteiger partial charge is 0.393 e. The zero-order valence-electron chi connectivity index (χ0n) is 12.9. The molecule has 0 aromatic carbocycles. The van der Waals surface area contributed by atoms with Gasteiger partial charge >= 0.3 is 0 Å². The van der Waals surface area contributed by atoms with Crippen LogP contribution in [-0.2, 0) is 9.53 Å². The van der Waals surface area contributed by atoms with E-state index in [9.17, 15) is 9.90 Å². The van der Waals surface area contributed by atoms with Gasteiger partial charge in [-0.2, -0.15) is 0 Å². The lowest BCUT2D eigenvalue weighted by Gasteiger charge is -2.40. The first-order valence-corrected chi connectivity index (χ1v) is 7.91. The van der Waals surface area contributed by atoms with Gasteiger partial charge in [0.2, 0.25) is 5.91 Å². The SMILES string of the molecule is CC12CCC(C(=O)NCC3CCCO3)(CC1O)C2(C)C. The Morgan fingerprint density at radius 3 is 2.60 bits per heavy atom. The second kappa shape index (κ2) is 4.44. The van der Waals surface area contributed by atoms with Gasteiger partial charge in [0.15, 0.2) is 0 Å². The van der Waals surface area contributed by atoms with Gasteiger partial charge in [0.05, 0.1) is 17.6 Å². The Labute approximate surface area is 121 Å². The van der Waals surface area contributed by atoms with E-state index < -0.39 is 5.41 Å². The van der Waals surface area contributed by atoms with Crippen LogP contribution in [0.5, 0.6) is 0 Å². The summed E-state index contributed by atoms with van der Waals surface area (Å²) in [5.74, 6) is 0.123. The average molecular weight is 281 g/mol. The quantitative estimate of drug-likeness (QED) is 0.830. The van der Waals surface area contributed by atoms with Crippen LogP contribution in [0, 0.1) is 16.2 Å². The summed E-state index contributed by atoms with van der Waals surface area (Å²) < 4.78 is 5.57. The lowest BCUT2D eigenvalue weighted by atomic mass is 9.64. The number of fused-ring (bicyclic) bond motifs is 2. The predicted molar refractivity (Wildman–Crippen MR) is 76.2 cm³/mol. The van der Waals surface area contributed by atoms with Crippen molar-refractivity contribution in [1.82, 2.24) is 5.32 Å². The summed E-state index contributed by atoms with van der Waals surface area (Å²) in [7, 11) is 0. The van der Waals surface area contributed by atoms with Gasteiger partial charge in [0.25, 0.3) is 0 Å². The number of amides is 1. The van der Waals surface area contributed by atoms with E-state index in [1.807, 2.05) is 0 Å². The lowest BCUT2D eigenvalue weighted by molar-refractivity contribution is -0.136. The molecule has 3 rings (SSSR count). The summed E-state index contributed by atoms with van der Waals surface area (Å²) in [6.45, 7) is 7.88. The molecule has 1 saturated heterocycles. The number of carbonyl (C=O) groups is 1. The molecule has 1 amide bonds. The van der Waals surface area contributed by atoms with Gasteiger partial charge < -0.3 is 15.2 Å². The van der Waals surface area contributed by atoms with Crippen molar-refractivity contribution < 1.29 is 14.6 Å². The van der Waals surface area contributed by atoms with Gasteiger partial charge in [-0.05, 0) is 42.9 Å². The molecule has 0 radical (unpaired) electrons. The van der Waals surface area contributed by atoms with Gasteiger partial charge in [0, 0.05) is 13.2 Å². The summed E-state index contributed by atoms with van der Waals surface area (Å²) in [6.07, 6.45) is 4.38. The summed E-state index contributed by atoms with van der Waals surface area (Å²) >= 11 is 0. The van der Waals surface area contributed by atoms with Crippen molar-refractivity contribution in [1.29, 1.82) is 0 Å². The monoisotopic (exact) mass is 281 g/mol. The molecule has 1 heterocycles. The number of aliphatic hydroxyl groups excluding tert-OH is 1. The van der Waals surface area contributed by atoms with Gasteiger partial charge in [-0.3, -0.25) is 4.79 Å². The maximum atomic E-state index is 12.8. The molecule has 3 aliphatic rings. The standard InChI is InChI=1S/C16H27NO3/c1-14(2)15(3)6-7-16(14,9-12(15)18)13(19)17-10-11-5-4-8-20-11/h11-12,18H,4-10H2,1-3H3,(H,17,19). The van der Waals surface area contributed by atoms with Crippen molar-refractivity contribution >= 4 is 5.91 Å². The molecule has 114 valence electrons. The van der Waals surface area contributed by atoms with Crippen molar-refractivity contribution in [3.8, 4) is 0 Å². The first-order chi connectivity index (χ1) is 9.33. The number of rotatable bonds is 3.